The molecule has 0 saturated heterocycles. The number of sulfonamides is 1. The van der Waals surface area contributed by atoms with Gasteiger partial charge in [0.05, 0.1) is 35.7 Å². The summed E-state index contributed by atoms with van der Waals surface area (Å²) in [5, 5.41) is 0.388. The van der Waals surface area contributed by atoms with Crippen molar-refractivity contribution in [2.24, 2.45) is 0 Å². The van der Waals surface area contributed by atoms with Gasteiger partial charge in [0.1, 0.15) is 18.4 Å². The fraction of sp³-hybridized carbons (Fsp3) is 0.333. The summed E-state index contributed by atoms with van der Waals surface area (Å²) in [6.45, 7) is 1.76. The molecule has 0 aliphatic carbocycles. The molecule has 4 rings (SSSR count). The predicted octanol–water partition coefficient (Wildman–Crippen LogP) is 3.32. The highest BCUT2D eigenvalue weighted by molar-refractivity contribution is 8.00. The molecule has 0 aromatic heterocycles. The van der Waals surface area contributed by atoms with Gasteiger partial charge in [-0.1, -0.05) is 18.5 Å². The van der Waals surface area contributed by atoms with Crippen LogP contribution in [0.5, 0.6) is 5.75 Å². The lowest BCUT2D eigenvalue weighted by atomic mass is 10.2. The van der Waals surface area contributed by atoms with E-state index in [1.807, 2.05) is 6.92 Å². The highest BCUT2D eigenvalue weighted by Gasteiger charge is 2.36. The number of ether oxygens (including phenoxy) is 2. The first-order valence-corrected chi connectivity index (χ1v) is 12.7. The zero-order valence-corrected chi connectivity index (χ0v) is 19.8. The molecule has 0 spiro atoms. The first-order valence-electron chi connectivity index (χ1n) is 9.87. The molecule has 0 saturated carbocycles. The van der Waals surface area contributed by atoms with Crippen LogP contribution in [0.2, 0.25) is 5.02 Å². The number of thioether (sulfide) groups is 1. The lowest BCUT2D eigenvalue weighted by molar-refractivity contribution is -0.139. The van der Waals surface area contributed by atoms with Crippen LogP contribution >= 0.6 is 23.4 Å². The number of benzene rings is 2. The third-order valence-electron chi connectivity index (χ3n) is 5.28. The fourth-order valence-electron chi connectivity index (χ4n) is 3.56. The molecule has 2 heterocycles. The SMILES string of the molecule is CC[C@@H]1CN(S(=O)(=O)c2ccc3c(c2)N(CC(=O)OC)C(=O)CS3)c2cc(Cl)ccc2O1. The maximum absolute atomic E-state index is 13.7. The van der Waals surface area contributed by atoms with Gasteiger partial charge in [-0.25, -0.2) is 8.42 Å². The van der Waals surface area contributed by atoms with E-state index >= 15 is 0 Å². The molecule has 2 aliphatic rings. The van der Waals surface area contributed by atoms with Gasteiger partial charge in [0, 0.05) is 9.92 Å². The number of anilines is 2. The van der Waals surface area contributed by atoms with Gasteiger partial charge in [-0.2, -0.15) is 0 Å². The smallest absolute Gasteiger partial charge is 0.325 e. The molecule has 1 atom stereocenters. The predicted molar refractivity (Wildman–Crippen MR) is 122 cm³/mol. The number of carbonyl (C=O) groups is 2. The van der Waals surface area contributed by atoms with E-state index in [-0.39, 0.29) is 35.7 Å². The summed E-state index contributed by atoms with van der Waals surface area (Å²) in [6.07, 6.45) is 0.306. The average molecular weight is 497 g/mol. The number of amides is 1. The molecule has 8 nitrogen and oxygen atoms in total. The topological polar surface area (TPSA) is 93.2 Å². The Balaban J connectivity index is 1.78. The third-order valence-corrected chi connectivity index (χ3v) is 8.34. The zero-order chi connectivity index (χ0) is 23.0. The summed E-state index contributed by atoms with van der Waals surface area (Å²) in [5.41, 5.74) is 0.723. The van der Waals surface area contributed by atoms with E-state index in [0.29, 0.717) is 33.5 Å². The van der Waals surface area contributed by atoms with E-state index in [9.17, 15) is 18.0 Å². The Labute approximate surface area is 195 Å². The van der Waals surface area contributed by atoms with Crippen LogP contribution in [0.15, 0.2) is 46.2 Å². The Morgan fingerprint density at radius 2 is 2.03 bits per heavy atom. The third kappa shape index (κ3) is 4.14. The Morgan fingerprint density at radius 1 is 1.25 bits per heavy atom. The second-order valence-corrected chi connectivity index (χ2v) is 10.6. The van der Waals surface area contributed by atoms with Crippen LogP contribution < -0.4 is 13.9 Å². The largest absolute Gasteiger partial charge is 0.486 e. The number of nitrogens with zero attached hydrogens (tertiary/aromatic N) is 2. The van der Waals surface area contributed by atoms with Crippen molar-refractivity contribution < 1.29 is 27.5 Å². The molecule has 2 aromatic carbocycles. The zero-order valence-electron chi connectivity index (χ0n) is 17.4. The molecule has 0 fully saturated rings. The maximum Gasteiger partial charge on any atom is 0.325 e. The van der Waals surface area contributed by atoms with Gasteiger partial charge < -0.3 is 9.47 Å². The van der Waals surface area contributed by atoms with E-state index in [0.717, 1.165) is 0 Å². The number of esters is 1. The summed E-state index contributed by atoms with van der Waals surface area (Å²) >= 11 is 7.43. The average Bonchev–Trinajstić information content (AvgIpc) is 2.79. The summed E-state index contributed by atoms with van der Waals surface area (Å²) in [6, 6.07) is 9.45. The molecule has 2 aromatic rings. The molecule has 2 aliphatic heterocycles. The van der Waals surface area contributed by atoms with Crippen LogP contribution in [-0.4, -0.2) is 52.4 Å². The van der Waals surface area contributed by atoms with Crippen LogP contribution in [-0.2, 0) is 24.3 Å². The van der Waals surface area contributed by atoms with Crippen molar-refractivity contribution >= 4 is 56.6 Å². The summed E-state index contributed by atoms with van der Waals surface area (Å²) < 4.78 is 39.3. The molecule has 0 N–H and O–H groups in total. The molecule has 170 valence electrons. The molecule has 32 heavy (non-hydrogen) atoms. The number of methoxy groups -OCH3 is 1. The van der Waals surface area contributed by atoms with Crippen molar-refractivity contribution in [3.8, 4) is 5.75 Å². The highest BCUT2D eigenvalue weighted by Crippen LogP contribution is 2.41. The fourth-order valence-corrected chi connectivity index (χ4v) is 6.16. The van der Waals surface area contributed by atoms with Crippen molar-refractivity contribution in [1.82, 2.24) is 0 Å². The normalized spacial score (nSPS) is 18.0. The van der Waals surface area contributed by atoms with E-state index < -0.39 is 16.0 Å². The summed E-state index contributed by atoms with van der Waals surface area (Å²) in [5.74, 6) is -0.292. The number of fused-ring (bicyclic) bond motifs is 2. The molecule has 11 heteroatoms. The maximum atomic E-state index is 13.7. The Hall–Kier alpha value is -2.43. The van der Waals surface area contributed by atoms with Gasteiger partial charge in [0.15, 0.2) is 0 Å². The van der Waals surface area contributed by atoms with Crippen LogP contribution in [0.25, 0.3) is 0 Å². The number of hydrogen-bond acceptors (Lipinski definition) is 7. The van der Waals surface area contributed by atoms with Gasteiger partial charge >= 0.3 is 5.97 Å². The molecule has 1 amide bonds. The summed E-state index contributed by atoms with van der Waals surface area (Å²) in [7, 11) is -2.78. The van der Waals surface area contributed by atoms with Crippen LogP contribution in [0, 0.1) is 0 Å². The van der Waals surface area contributed by atoms with Crippen molar-refractivity contribution in [3.05, 3.63) is 41.4 Å². The first kappa shape index (κ1) is 22.8. The van der Waals surface area contributed by atoms with E-state index in [1.54, 1.807) is 24.3 Å². The van der Waals surface area contributed by atoms with Crippen molar-refractivity contribution in [1.29, 1.82) is 0 Å². The minimum atomic E-state index is -4.01. The Bertz CT molecular complexity index is 1190. The van der Waals surface area contributed by atoms with Gasteiger partial charge in [-0.05, 0) is 42.8 Å². The number of hydrogen-bond donors (Lipinski definition) is 0. The Kier molecular flexibility index (Phi) is 6.28. The van der Waals surface area contributed by atoms with E-state index in [4.69, 9.17) is 21.1 Å². The number of halogens is 1. The monoisotopic (exact) mass is 496 g/mol. The number of carbonyl (C=O) groups excluding carboxylic acids is 2. The van der Waals surface area contributed by atoms with E-state index in [1.165, 1.54) is 40.2 Å². The standard InChI is InChI=1S/C21H21ClN2O6S2/c1-3-14-10-24(16-8-13(22)4-6-18(16)30-14)32(27,28)15-5-7-19-17(9-15)23(11-21(26)29-2)20(25)12-31-19/h4-9,14H,3,10-12H2,1-2H3/t14-/m1/s1. The lowest BCUT2D eigenvalue weighted by Gasteiger charge is -2.35. The quantitative estimate of drug-likeness (QED) is 0.586. The second kappa shape index (κ2) is 8.84. The molecule has 0 unspecified atom stereocenters. The minimum Gasteiger partial charge on any atom is -0.486 e. The minimum absolute atomic E-state index is 0.00379. The van der Waals surface area contributed by atoms with Crippen LogP contribution in [0.3, 0.4) is 0 Å². The molecule has 0 bridgehead atoms. The summed E-state index contributed by atoms with van der Waals surface area (Å²) in [4.78, 5) is 26.3. The van der Waals surface area contributed by atoms with Crippen LogP contribution in [0.4, 0.5) is 11.4 Å². The Morgan fingerprint density at radius 3 is 2.75 bits per heavy atom. The molecule has 0 radical (unpaired) electrons. The number of rotatable bonds is 5. The van der Waals surface area contributed by atoms with Gasteiger partial charge in [-0.15, -0.1) is 11.8 Å². The van der Waals surface area contributed by atoms with Gasteiger partial charge in [0.25, 0.3) is 10.0 Å². The van der Waals surface area contributed by atoms with Crippen molar-refractivity contribution in [3.63, 3.8) is 0 Å². The lowest BCUT2D eigenvalue weighted by Crippen LogP contribution is -2.43. The van der Waals surface area contributed by atoms with Gasteiger partial charge in [0.2, 0.25) is 5.91 Å². The second-order valence-electron chi connectivity index (χ2n) is 7.27. The van der Waals surface area contributed by atoms with Crippen molar-refractivity contribution in [2.45, 2.75) is 29.2 Å². The van der Waals surface area contributed by atoms with Crippen LogP contribution in [0.1, 0.15) is 13.3 Å². The van der Waals surface area contributed by atoms with Gasteiger partial charge in [-0.3, -0.25) is 18.8 Å². The molecular formula is C21H21ClN2O6S2. The highest BCUT2D eigenvalue weighted by atomic mass is 35.5. The van der Waals surface area contributed by atoms with E-state index in [2.05, 4.69) is 0 Å². The molecular weight excluding hydrogens is 476 g/mol. The first-order chi connectivity index (χ1) is 15.2. The van der Waals surface area contributed by atoms with Crippen molar-refractivity contribution in [2.75, 3.05) is 35.2 Å².